The number of rotatable bonds is 5. The Hall–Kier alpha value is -2.71. The molecule has 4 rings (SSSR count). The molecule has 8 heteroatoms. The van der Waals surface area contributed by atoms with Crippen molar-refractivity contribution in [1.82, 2.24) is 20.0 Å². The Labute approximate surface area is 173 Å². The third-order valence-corrected chi connectivity index (χ3v) is 6.32. The molecule has 1 N–H and O–H groups in total. The van der Waals surface area contributed by atoms with Crippen LogP contribution in [0.3, 0.4) is 0 Å². The molecule has 0 bridgehead atoms. The molecule has 3 heterocycles. The summed E-state index contributed by atoms with van der Waals surface area (Å²) in [6.45, 7) is 5.05. The predicted molar refractivity (Wildman–Crippen MR) is 110 cm³/mol. The van der Waals surface area contributed by atoms with Crippen molar-refractivity contribution in [2.24, 2.45) is 0 Å². The predicted octanol–water partition coefficient (Wildman–Crippen LogP) is 1.86. The smallest absolute Gasteiger partial charge is 0.325 e. The number of hydrogen-bond donors (Lipinski definition) is 1. The number of thiophene rings is 1. The largest absolute Gasteiger partial charge is 0.339 e. The van der Waals surface area contributed by atoms with Crippen molar-refractivity contribution in [1.29, 1.82) is 0 Å². The molecular formula is C21H24N4O3S. The molecule has 0 radical (unpaired) electrons. The Morgan fingerprint density at radius 2 is 1.83 bits per heavy atom. The molecule has 1 unspecified atom stereocenters. The lowest BCUT2D eigenvalue weighted by molar-refractivity contribution is -0.139. The third kappa shape index (κ3) is 3.90. The zero-order valence-electron chi connectivity index (χ0n) is 16.3. The highest BCUT2D eigenvalue weighted by atomic mass is 32.1. The Kier molecular flexibility index (Phi) is 5.38. The number of benzene rings is 1. The van der Waals surface area contributed by atoms with Crippen LogP contribution in [0.4, 0.5) is 4.79 Å². The average molecular weight is 413 g/mol. The van der Waals surface area contributed by atoms with Crippen molar-refractivity contribution in [3.8, 4) is 0 Å². The maximum Gasteiger partial charge on any atom is 0.325 e. The summed E-state index contributed by atoms with van der Waals surface area (Å²) in [5.74, 6) is -0.570. The molecule has 2 fully saturated rings. The van der Waals surface area contributed by atoms with E-state index < -0.39 is 11.6 Å². The van der Waals surface area contributed by atoms with Gasteiger partial charge in [-0.3, -0.25) is 19.4 Å². The first-order chi connectivity index (χ1) is 14.0. The van der Waals surface area contributed by atoms with Gasteiger partial charge in [0, 0.05) is 32.7 Å². The molecule has 152 valence electrons. The zero-order chi connectivity index (χ0) is 20.4. The molecule has 7 nitrogen and oxygen atoms in total. The van der Waals surface area contributed by atoms with Crippen LogP contribution in [0.5, 0.6) is 0 Å². The van der Waals surface area contributed by atoms with Gasteiger partial charge in [-0.1, -0.05) is 30.3 Å². The monoisotopic (exact) mass is 412 g/mol. The number of imide groups is 1. The third-order valence-electron chi connectivity index (χ3n) is 5.64. The van der Waals surface area contributed by atoms with Crippen LogP contribution >= 0.6 is 11.3 Å². The molecule has 1 aromatic carbocycles. The van der Waals surface area contributed by atoms with Gasteiger partial charge < -0.3 is 10.2 Å². The zero-order valence-corrected chi connectivity index (χ0v) is 17.2. The summed E-state index contributed by atoms with van der Waals surface area (Å²) in [6, 6.07) is 11.5. The fraction of sp³-hybridized carbons (Fsp3) is 0.381. The minimum atomic E-state index is -1.11. The molecule has 0 aliphatic carbocycles. The summed E-state index contributed by atoms with van der Waals surface area (Å²) in [7, 11) is 0. The average Bonchev–Trinajstić information content (AvgIpc) is 3.34. The number of amides is 4. The Morgan fingerprint density at radius 1 is 1.10 bits per heavy atom. The van der Waals surface area contributed by atoms with Crippen molar-refractivity contribution in [2.75, 3.05) is 32.7 Å². The molecule has 29 heavy (non-hydrogen) atoms. The number of carbonyl (C=O) groups is 3. The lowest BCUT2D eigenvalue weighted by atomic mass is 9.95. The maximum absolute atomic E-state index is 12.9. The number of carbonyl (C=O) groups excluding carboxylic acids is 3. The second-order valence-corrected chi connectivity index (χ2v) is 8.38. The van der Waals surface area contributed by atoms with Gasteiger partial charge in [0.1, 0.15) is 12.1 Å². The van der Waals surface area contributed by atoms with E-state index in [0.29, 0.717) is 13.1 Å². The van der Waals surface area contributed by atoms with E-state index >= 15 is 0 Å². The van der Waals surface area contributed by atoms with Crippen LogP contribution in [0, 0.1) is 0 Å². The molecular weight excluding hydrogens is 388 g/mol. The van der Waals surface area contributed by atoms with Gasteiger partial charge in [-0.05, 0) is 34.9 Å². The van der Waals surface area contributed by atoms with E-state index in [4.69, 9.17) is 0 Å². The normalized spacial score (nSPS) is 22.8. The number of nitrogens with zero attached hydrogens (tertiary/aromatic N) is 3. The van der Waals surface area contributed by atoms with Gasteiger partial charge in [-0.2, -0.15) is 11.3 Å². The highest BCUT2D eigenvalue weighted by Gasteiger charge is 2.50. The number of piperazine rings is 1. The molecule has 0 spiro atoms. The van der Waals surface area contributed by atoms with Crippen molar-refractivity contribution >= 4 is 29.2 Å². The summed E-state index contributed by atoms with van der Waals surface area (Å²) >= 11 is 1.46. The van der Waals surface area contributed by atoms with Crippen molar-refractivity contribution in [3.63, 3.8) is 0 Å². The molecule has 2 aliphatic rings. The number of urea groups is 1. The van der Waals surface area contributed by atoms with E-state index in [-0.39, 0.29) is 18.4 Å². The molecule has 0 saturated carbocycles. The van der Waals surface area contributed by atoms with Crippen LogP contribution < -0.4 is 5.32 Å². The molecule has 2 saturated heterocycles. The van der Waals surface area contributed by atoms with Crippen LogP contribution in [-0.2, 0) is 21.7 Å². The van der Waals surface area contributed by atoms with Gasteiger partial charge >= 0.3 is 6.03 Å². The minimum absolute atomic E-state index is 0.192. The summed E-state index contributed by atoms with van der Waals surface area (Å²) in [5.41, 5.74) is 0.885. The van der Waals surface area contributed by atoms with E-state index in [1.807, 2.05) is 35.0 Å². The van der Waals surface area contributed by atoms with Crippen molar-refractivity contribution in [3.05, 3.63) is 58.3 Å². The number of hydrogen-bond acceptors (Lipinski definition) is 5. The molecule has 1 aromatic heterocycles. The first-order valence-corrected chi connectivity index (χ1v) is 10.6. The van der Waals surface area contributed by atoms with E-state index in [1.165, 1.54) is 16.9 Å². The Morgan fingerprint density at radius 3 is 2.48 bits per heavy atom. The standard InChI is InChI=1S/C21H24N4O3S/c1-21(17-7-12-29-15-17)19(27)25(20(28)22-21)14-18(26)24-10-8-23(9-11-24)13-16-5-3-2-4-6-16/h2-7,12,15H,8-11,13-14H2,1H3,(H,22,28). The molecule has 4 amide bonds. The minimum Gasteiger partial charge on any atom is -0.339 e. The van der Waals surface area contributed by atoms with Crippen molar-refractivity contribution in [2.45, 2.75) is 19.0 Å². The van der Waals surface area contributed by atoms with E-state index in [1.54, 1.807) is 11.8 Å². The van der Waals surface area contributed by atoms with Crippen molar-refractivity contribution < 1.29 is 14.4 Å². The highest BCUT2D eigenvalue weighted by Crippen LogP contribution is 2.30. The molecule has 2 aromatic rings. The van der Waals surface area contributed by atoms with E-state index in [0.717, 1.165) is 30.1 Å². The molecule has 2 aliphatic heterocycles. The van der Waals surface area contributed by atoms with Gasteiger partial charge in [-0.15, -0.1) is 0 Å². The van der Waals surface area contributed by atoms with E-state index in [2.05, 4.69) is 22.3 Å². The van der Waals surface area contributed by atoms with Crippen LogP contribution in [-0.4, -0.2) is 65.3 Å². The van der Waals surface area contributed by atoms with Gasteiger partial charge in [0.2, 0.25) is 5.91 Å². The first kappa shape index (κ1) is 19.6. The SMILES string of the molecule is CC1(c2ccsc2)NC(=O)N(CC(=O)N2CCN(Cc3ccccc3)CC2)C1=O. The highest BCUT2D eigenvalue weighted by molar-refractivity contribution is 7.08. The van der Waals surface area contributed by atoms with Crippen LogP contribution in [0.1, 0.15) is 18.1 Å². The quantitative estimate of drug-likeness (QED) is 0.761. The van der Waals surface area contributed by atoms with Crippen LogP contribution in [0.25, 0.3) is 0 Å². The van der Waals surface area contributed by atoms with Crippen LogP contribution in [0.2, 0.25) is 0 Å². The Balaban J connectivity index is 1.33. The summed E-state index contributed by atoms with van der Waals surface area (Å²) in [5, 5.41) is 6.45. The topological polar surface area (TPSA) is 73.0 Å². The lowest BCUT2D eigenvalue weighted by Crippen LogP contribution is -2.51. The Bertz CT molecular complexity index is 894. The fourth-order valence-electron chi connectivity index (χ4n) is 3.82. The lowest BCUT2D eigenvalue weighted by Gasteiger charge is -2.35. The number of nitrogens with one attached hydrogen (secondary N) is 1. The first-order valence-electron chi connectivity index (χ1n) is 9.68. The molecule has 1 atom stereocenters. The maximum atomic E-state index is 12.9. The second kappa shape index (κ2) is 7.96. The summed E-state index contributed by atoms with van der Waals surface area (Å²) < 4.78 is 0. The van der Waals surface area contributed by atoms with Gasteiger partial charge in [-0.25, -0.2) is 4.79 Å². The summed E-state index contributed by atoms with van der Waals surface area (Å²) in [6.07, 6.45) is 0. The van der Waals surface area contributed by atoms with Gasteiger partial charge in [0.25, 0.3) is 5.91 Å². The van der Waals surface area contributed by atoms with Gasteiger partial charge in [0.15, 0.2) is 0 Å². The summed E-state index contributed by atoms with van der Waals surface area (Å²) in [4.78, 5) is 43.1. The van der Waals surface area contributed by atoms with Gasteiger partial charge in [0.05, 0.1) is 0 Å². The van der Waals surface area contributed by atoms with E-state index in [9.17, 15) is 14.4 Å². The van der Waals surface area contributed by atoms with Crippen LogP contribution in [0.15, 0.2) is 47.2 Å². The fourth-order valence-corrected chi connectivity index (χ4v) is 4.58. The second-order valence-electron chi connectivity index (χ2n) is 7.60.